The summed E-state index contributed by atoms with van der Waals surface area (Å²) < 4.78 is 15.9. The Morgan fingerprint density at radius 3 is 2.55 bits per heavy atom. The van der Waals surface area contributed by atoms with E-state index in [-0.39, 0.29) is 5.91 Å². The Balaban J connectivity index is 1.83. The van der Waals surface area contributed by atoms with Gasteiger partial charge in [0, 0.05) is 6.42 Å². The van der Waals surface area contributed by atoms with Crippen LogP contribution in [0, 0.1) is 6.92 Å². The van der Waals surface area contributed by atoms with E-state index in [1.54, 1.807) is 14.2 Å². The molecule has 0 atom stereocenters. The second-order valence-electron chi connectivity index (χ2n) is 4.98. The Kier molecular flexibility index (Phi) is 5.47. The number of hydrogen-bond donors (Lipinski definition) is 1. The van der Waals surface area contributed by atoms with Crippen molar-refractivity contribution in [1.82, 2.24) is 5.32 Å². The molecule has 118 valence electrons. The molecule has 1 aromatic carbocycles. The second-order valence-corrected chi connectivity index (χ2v) is 4.98. The Morgan fingerprint density at radius 2 is 1.91 bits per heavy atom. The van der Waals surface area contributed by atoms with Crippen molar-refractivity contribution in [3.05, 3.63) is 47.4 Å². The summed E-state index contributed by atoms with van der Waals surface area (Å²) >= 11 is 0. The summed E-state index contributed by atoms with van der Waals surface area (Å²) in [6.07, 6.45) is 1.05. The van der Waals surface area contributed by atoms with Gasteiger partial charge in [-0.05, 0) is 43.2 Å². The Morgan fingerprint density at radius 1 is 1.14 bits per heavy atom. The highest BCUT2D eigenvalue weighted by Gasteiger charge is 2.07. The van der Waals surface area contributed by atoms with Crippen LogP contribution in [0.4, 0.5) is 0 Å². The third kappa shape index (κ3) is 4.28. The molecule has 2 rings (SSSR count). The molecule has 5 nitrogen and oxygen atoms in total. The van der Waals surface area contributed by atoms with Gasteiger partial charge in [0.25, 0.3) is 0 Å². The summed E-state index contributed by atoms with van der Waals surface area (Å²) in [6.45, 7) is 2.29. The fourth-order valence-electron chi connectivity index (χ4n) is 2.15. The van der Waals surface area contributed by atoms with Crippen molar-refractivity contribution in [2.75, 3.05) is 14.2 Å². The first kappa shape index (κ1) is 15.9. The van der Waals surface area contributed by atoms with E-state index in [0.717, 1.165) is 17.1 Å². The lowest BCUT2D eigenvalue weighted by molar-refractivity contribution is -0.121. The number of rotatable bonds is 7. The van der Waals surface area contributed by atoms with Crippen molar-refractivity contribution in [1.29, 1.82) is 0 Å². The molecule has 0 saturated heterocycles. The first-order chi connectivity index (χ1) is 10.6. The molecule has 22 heavy (non-hydrogen) atoms. The number of furan rings is 1. The van der Waals surface area contributed by atoms with Gasteiger partial charge < -0.3 is 19.2 Å². The Labute approximate surface area is 130 Å². The third-order valence-electron chi connectivity index (χ3n) is 3.34. The molecule has 0 spiro atoms. The van der Waals surface area contributed by atoms with E-state index < -0.39 is 0 Å². The molecule has 1 heterocycles. The van der Waals surface area contributed by atoms with Gasteiger partial charge >= 0.3 is 0 Å². The number of aryl methyl sites for hydroxylation is 2. The zero-order valence-corrected chi connectivity index (χ0v) is 13.1. The van der Waals surface area contributed by atoms with Crippen LogP contribution in [0.25, 0.3) is 0 Å². The number of amides is 1. The number of hydrogen-bond acceptors (Lipinski definition) is 4. The first-order valence-electron chi connectivity index (χ1n) is 7.15. The molecule has 0 saturated carbocycles. The standard InChI is InChI=1S/C17H21NO4/c1-12-4-7-14(22-12)11-18-17(19)9-6-13-5-8-15(20-2)16(10-13)21-3/h4-5,7-8,10H,6,9,11H2,1-3H3,(H,18,19). The highest BCUT2D eigenvalue weighted by Crippen LogP contribution is 2.27. The van der Waals surface area contributed by atoms with Crippen LogP contribution in [0.5, 0.6) is 11.5 Å². The molecule has 5 heteroatoms. The van der Waals surface area contributed by atoms with Crippen molar-refractivity contribution in [2.45, 2.75) is 26.3 Å². The fraction of sp³-hybridized carbons (Fsp3) is 0.353. The van der Waals surface area contributed by atoms with Gasteiger partial charge in [0.2, 0.25) is 5.91 Å². The summed E-state index contributed by atoms with van der Waals surface area (Å²) in [5.74, 6) is 2.95. The predicted molar refractivity (Wildman–Crippen MR) is 83.2 cm³/mol. The van der Waals surface area contributed by atoms with Gasteiger partial charge in [-0.2, -0.15) is 0 Å². The van der Waals surface area contributed by atoms with Crippen molar-refractivity contribution in [3.8, 4) is 11.5 Å². The molecule has 0 radical (unpaired) electrons. The van der Waals surface area contributed by atoms with E-state index in [2.05, 4.69) is 5.32 Å². The number of carbonyl (C=O) groups is 1. The van der Waals surface area contributed by atoms with Gasteiger partial charge in [0.05, 0.1) is 20.8 Å². The monoisotopic (exact) mass is 303 g/mol. The highest BCUT2D eigenvalue weighted by atomic mass is 16.5. The lowest BCUT2D eigenvalue weighted by Crippen LogP contribution is -2.22. The minimum absolute atomic E-state index is 0.0103. The van der Waals surface area contributed by atoms with Gasteiger partial charge in [-0.25, -0.2) is 0 Å². The van der Waals surface area contributed by atoms with Gasteiger partial charge in [-0.1, -0.05) is 6.07 Å². The van der Waals surface area contributed by atoms with E-state index in [4.69, 9.17) is 13.9 Å². The maximum Gasteiger partial charge on any atom is 0.220 e. The van der Waals surface area contributed by atoms with Gasteiger partial charge in [-0.3, -0.25) is 4.79 Å². The number of methoxy groups -OCH3 is 2. The number of nitrogens with one attached hydrogen (secondary N) is 1. The largest absolute Gasteiger partial charge is 0.493 e. The third-order valence-corrected chi connectivity index (χ3v) is 3.34. The van der Waals surface area contributed by atoms with Crippen molar-refractivity contribution < 1.29 is 18.7 Å². The minimum atomic E-state index is -0.0103. The van der Waals surface area contributed by atoms with Crippen LogP contribution < -0.4 is 14.8 Å². The molecule has 0 fully saturated rings. The van der Waals surface area contributed by atoms with E-state index in [0.29, 0.717) is 30.9 Å². The highest BCUT2D eigenvalue weighted by molar-refractivity contribution is 5.76. The van der Waals surface area contributed by atoms with E-state index >= 15 is 0 Å². The zero-order chi connectivity index (χ0) is 15.9. The van der Waals surface area contributed by atoms with E-state index in [9.17, 15) is 4.79 Å². The Hall–Kier alpha value is -2.43. The lowest BCUT2D eigenvalue weighted by atomic mass is 10.1. The van der Waals surface area contributed by atoms with Crippen LogP contribution in [0.15, 0.2) is 34.7 Å². The predicted octanol–water partition coefficient (Wildman–Crippen LogP) is 2.85. The summed E-state index contributed by atoms with van der Waals surface area (Å²) in [7, 11) is 3.20. The summed E-state index contributed by atoms with van der Waals surface area (Å²) in [4.78, 5) is 11.9. The molecule has 0 bridgehead atoms. The Bertz CT molecular complexity index is 633. The number of carbonyl (C=O) groups excluding carboxylic acids is 1. The molecule has 0 unspecified atom stereocenters. The van der Waals surface area contributed by atoms with Crippen LogP contribution in [0.3, 0.4) is 0 Å². The molecule has 2 aromatic rings. The molecular weight excluding hydrogens is 282 g/mol. The topological polar surface area (TPSA) is 60.7 Å². The van der Waals surface area contributed by atoms with Gasteiger partial charge in [0.1, 0.15) is 11.5 Å². The summed E-state index contributed by atoms with van der Waals surface area (Å²) in [5.41, 5.74) is 1.03. The zero-order valence-electron chi connectivity index (χ0n) is 13.1. The second kappa shape index (κ2) is 7.54. The first-order valence-corrected chi connectivity index (χ1v) is 7.15. The molecule has 1 N–H and O–H groups in total. The van der Waals surface area contributed by atoms with Crippen LogP contribution in [-0.4, -0.2) is 20.1 Å². The molecular formula is C17H21NO4. The average Bonchev–Trinajstić information content (AvgIpc) is 2.96. The minimum Gasteiger partial charge on any atom is -0.493 e. The maximum atomic E-state index is 11.9. The number of ether oxygens (including phenoxy) is 2. The van der Waals surface area contributed by atoms with E-state index in [1.807, 2.05) is 37.3 Å². The molecule has 0 aliphatic heterocycles. The average molecular weight is 303 g/mol. The van der Waals surface area contributed by atoms with Gasteiger partial charge in [-0.15, -0.1) is 0 Å². The van der Waals surface area contributed by atoms with Gasteiger partial charge in [0.15, 0.2) is 11.5 Å². The number of benzene rings is 1. The fourth-order valence-corrected chi connectivity index (χ4v) is 2.15. The quantitative estimate of drug-likeness (QED) is 0.854. The van der Waals surface area contributed by atoms with E-state index in [1.165, 1.54) is 0 Å². The maximum absolute atomic E-state index is 11.9. The molecule has 1 aromatic heterocycles. The lowest BCUT2D eigenvalue weighted by Gasteiger charge is -2.09. The smallest absolute Gasteiger partial charge is 0.220 e. The summed E-state index contributed by atoms with van der Waals surface area (Å²) in [5, 5.41) is 2.85. The van der Waals surface area contributed by atoms with Crippen LogP contribution in [0.2, 0.25) is 0 Å². The van der Waals surface area contributed by atoms with Crippen LogP contribution in [-0.2, 0) is 17.8 Å². The van der Waals surface area contributed by atoms with Crippen LogP contribution in [0.1, 0.15) is 23.5 Å². The molecule has 0 aliphatic carbocycles. The normalized spacial score (nSPS) is 10.3. The molecule has 1 amide bonds. The molecule has 0 aliphatic rings. The summed E-state index contributed by atoms with van der Waals surface area (Å²) in [6, 6.07) is 9.42. The van der Waals surface area contributed by atoms with Crippen LogP contribution >= 0.6 is 0 Å². The SMILES string of the molecule is COc1ccc(CCC(=O)NCc2ccc(C)o2)cc1OC. The van der Waals surface area contributed by atoms with Crippen molar-refractivity contribution in [2.24, 2.45) is 0 Å². The van der Waals surface area contributed by atoms with Crippen molar-refractivity contribution in [3.63, 3.8) is 0 Å². The van der Waals surface area contributed by atoms with Crippen molar-refractivity contribution >= 4 is 5.91 Å².